The van der Waals surface area contributed by atoms with Crippen LogP contribution in [0.3, 0.4) is 0 Å². The lowest BCUT2D eigenvalue weighted by Crippen LogP contribution is -2.32. The number of rotatable bonds is 13. The first-order valence-corrected chi connectivity index (χ1v) is 13.2. The molecule has 2 aromatic carbocycles. The third kappa shape index (κ3) is 9.04. The number of carbonyl (C=O) groups excluding carboxylic acids is 2. The fraction of sp³-hybridized carbons (Fsp3) is 0.400. The molecule has 2 heterocycles. The van der Waals surface area contributed by atoms with Crippen LogP contribution in [0, 0.1) is 0 Å². The molecule has 0 saturated carbocycles. The SMILES string of the molecule is O=C(/C=C/N1CCOCC1)c1ccc(OCCCCOc2ccc(C(=O)/C=C/N3CCOCC3)cc2)cc1. The van der Waals surface area contributed by atoms with Crippen LogP contribution in [0.15, 0.2) is 73.1 Å². The van der Waals surface area contributed by atoms with Gasteiger partial charge < -0.3 is 28.7 Å². The van der Waals surface area contributed by atoms with Crippen LogP contribution in [-0.4, -0.2) is 87.2 Å². The van der Waals surface area contributed by atoms with E-state index < -0.39 is 0 Å². The van der Waals surface area contributed by atoms with Gasteiger partial charge in [0.15, 0.2) is 11.6 Å². The molecule has 0 amide bonds. The molecule has 2 saturated heterocycles. The number of allylic oxidation sites excluding steroid dienone is 2. The van der Waals surface area contributed by atoms with E-state index in [0.717, 1.165) is 50.5 Å². The molecule has 0 aliphatic carbocycles. The Bertz CT molecular complexity index is 981. The number of carbonyl (C=O) groups is 2. The zero-order valence-corrected chi connectivity index (χ0v) is 21.8. The number of ether oxygens (including phenoxy) is 4. The Morgan fingerprint density at radius 1 is 0.632 bits per heavy atom. The summed E-state index contributed by atoms with van der Waals surface area (Å²) < 4.78 is 22.2. The Kier molecular flexibility index (Phi) is 10.8. The van der Waals surface area contributed by atoms with Crippen molar-refractivity contribution >= 4 is 11.6 Å². The molecule has 0 spiro atoms. The van der Waals surface area contributed by atoms with E-state index >= 15 is 0 Å². The summed E-state index contributed by atoms with van der Waals surface area (Å²) in [6, 6.07) is 14.5. The van der Waals surface area contributed by atoms with Gasteiger partial charge in [0.25, 0.3) is 0 Å². The van der Waals surface area contributed by atoms with E-state index in [-0.39, 0.29) is 11.6 Å². The minimum Gasteiger partial charge on any atom is -0.494 e. The molecule has 4 rings (SSSR count). The second kappa shape index (κ2) is 15.0. The topological polar surface area (TPSA) is 77.5 Å². The lowest BCUT2D eigenvalue weighted by molar-refractivity contribution is 0.0591. The number of unbranched alkanes of at least 4 members (excludes halogenated alkanes) is 1. The third-order valence-electron chi connectivity index (χ3n) is 6.32. The normalized spacial score (nSPS) is 16.2. The minimum absolute atomic E-state index is 0.0259. The van der Waals surface area contributed by atoms with Gasteiger partial charge in [0.2, 0.25) is 0 Å². The second-order valence-electron chi connectivity index (χ2n) is 9.11. The van der Waals surface area contributed by atoms with E-state index in [1.54, 1.807) is 36.4 Å². The van der Waals surface area contributed by atoms with Crippen LogP contribution in [0.25, 0.3) is 0 Å². The van der Waals surface area contributed by atoms with Gasteiger partial charge in [0.1, 0.15) is 11.5 Å². The fourth-order valence-electron chi connectivity index (χ4n) is 4.01. The van der Waals surface area contributed by atoms with Gasteiger partial charge in [0, 0.05) is 61.9 Å². The van der Waals surface area contributed by atoms with Crippen molar-refractivity contribution in [2.75, 3.05) is 65.8 Å². The van der Waals surface area contributed by atoms with Crippen LogP contribution in [0.5, 0.6) is 11.5 Å². The van der Waals surface area contributed by atoms with E-state index in [1.165, 1.54) is 0 Å². The number of hydrogen-bond donors (Lipinski definition) is 0. The maximum Gasteiger partial charge on any atom is 0.187 e. The van der Waals surface area contributed by atoms with Gasteiger partial charge in [-0.15, -0.1) is 0 Å². The molecule has 0 bridgehead atoms. The summed E-state index contributed by atoms with van der Waals surface area (Å²) in [5.74, 6) is 1.43. The van der Waals surface area contributed by atoms with Gasteiger partial charge in [-0.05, 0) is 61.4 Å². The van der Waals surface area contributed by atoms with Crippen molar-refractivity contribution in [3.63, 3.8) is 0 Å². The first-order chi connectivity index (χ1) is 18.7. The number of benzene rings is 2. The monoisotopic (exact) mass is 520 g/mol. The van der Waals surface area contributed by atoms with Crippen LogP contribution >= 0.6 is 0 Å². The summed E-state index contributed by atoms with van der Waals surface area (Å²) in [4.78, 5) is 28.9. The maximum absolute atomic E-state index is 12.4. The van der Waals surface area contributed by atoms with Gasteiger partial charge in [-0.1, -0.05) is 0 Å². The Balaban J connectivity index is 1.09. The van der Waals surface area contributed by atoms with Gasteiger partial charge in [-0.25, -0.2) is 0 Å². The number of nitrogens with zero attached hydrogens (tertiary/aromatic N) is 2. The molecule has 0 N–H and O–H groups in total. The molecule has 0 aromatic heterocycles. The summed E-state index contributed by atoms with van der Waals surface area (Å²) in [7, 11) is 0. The average Bonchev–Trinajstić information content (AvgIpc) is 2.98. The highest BCUT2D eigenvalue weighted by atomic mass is 16.5. The third-order valence-corrected chi connectivity index (χ3v) is 6.32. The molecule has 2 aliphatic heterocycles. The van der Waals surface area contributed by atoms with Crippen molar-refractivity contribution in [3.05, 3.63) is 84.2 Å². The van der Waals surface area contributed by atoms with Crippen LogP contribution in [0.4, 0.5) is 0 Å². The van der Waals surface area contributed by atoms with E-state index in [9.17, 15) is 9.59 Å². The molecule has 8 heteroatoms. The molecular weight excluding hydrogens is 484 g/mol. The van der Waals surface area contributed by atoms with Crippen molar-refractivity contribution in [1.82, 2.24) is 9.80 Å². The summed E-state index contributed by atoms with van der Waals surface area (Å²) in [5, 5.41) is 0. The summed E-state index contributed by atoms with van der Waals surface area (Å²) in [6.45, 7) is 7.14. The predicted octanol–water partition coefficient (Wildman–Crippen LogP) is 3.98. The van der Waals surface area contributed by atoms with Crippen molar-refractivity contribution in [1.29, 1.82) is 0 Å². The molecule has 0 radical (unpaired) electrons. The Morgan fingerprint density at radius 3 is 1.37 bits per heavy atom. The number of hydrogen-bond acceptors (Lipinski definition) is 8. The molecule has 2 aliphatic rings. The zero-order chi connectivity index (χ0) is 26.4. The maximum atomic E-state index is 12.4. The summed E-state index contributed by atoms with van der Waals surface area (Å²) in [5.41, 5.74) is 1.27. The standard InChI is InChI=1S/C30H36N2O6/c33-29(11-13-31-15-21-35-22-16-31)25-3-7-27(8-4-25)37-19-1-2-20-38-28-9-5-26(6-10-28)30(34)12-14-32-17-23-36-24-18-32/h3-14H,1-2,15-24H2/b13-11+,14-12+. The van der Waals surface area contributed by atoms with Crippen molar-refractivity contribution in [2.24, 2.45) is 0 Å². The van der Waals surface area contributed by atoms with E-state index in [4.69, 9.17) is 18.9 Å². The Labute approximate surface area is 224 Å². The molecule has 2 aromatic rings. The lowest BCUT2D eigenvalue weighted by atomic mass is 10.1. The first kappa shape index (κ1) is 27.4. The minimum atomic E-state index is -0.0259. The van der Waals surface area contributed by atoms with Crippen molar-refractivity contribution < 1.29 is 28.5 Å². The Morgan fingerprint density at radius 2 is 1.00 bits per heavy atom. The summed E-state index contributed by atoms with van der Waals surface area (Å²) >= 11 is 0. The van der Waals surface area contributed by atoms with Crippen LogP contribution < -0.4 is 9.47 Å². The lowest BCUT2D eigenvalue weighted by Gasteiger charge is -2.24. The van der Waals surface area contributed by atoms with Gasteiger partial charge in [-0.2, -0.15) is 0 Å². The molecule has 202 valence electrons. The van der Waals surface area contributed by atoms with E-state index in [0.29, 0.717) is 50.8 Å². The number of morpholine rings is 2. The summed E-state index contributed by atoms with van der Waals surface area (Å²) in [6.07, 6.45) is 8.58. The van der Waals surface area contributed by atoms with Crippen LogP contribution in [0.1, 0.15) is 33.6 Å². The van der Waals surface area contributed by atoms with Crippen LogP contribution in [-0.2, 0) is 9.47 Å². The highest BCUT2D eigenvalue weighted by Crippen LogP contribution is 2.16. The zero-order valence-electron chi connectivity index (χ0n) is 21.8. The van der Waals surface area contributed by atoms with Gasteiger partial charge >= 0.3 is 0 Å². The smallest absolute Gasteiger partial charge is 0.187 e. The van der Waals surface area contributed by atoms with E-state index in [2.05, 4.69) is 9.80 Å². The highest BCUT2D eigenvalue weighted by molar-refractivity contribution is 6.05. The molecule has 8 nitrogen and oxygen atoms in total. The van der Waals surface area contributed by atoms with Crippen LogP contribution in [0.2, 0.25) is 0 Å². The van der Waals surface area contributed by atoms with Gasteiger partial charge in [0.05, 0.1) is 39.6 Å². The molecule has 0 unspecified atom stereocenters. The Hall–Kier alpha value is -3.62. The predicted molar refractivity (Wildman–Crippen MR) is 145 cm³/mol. The highest BCUT2D eigenvalue weighted by Gasteiger charge is 2.09. The first-order valence-electron chi connectivity index (χ1n) is 13.2. The van der Waals surface area contributed by atoms with E-state index in [1.807, 2.05) is 36.7 Å². The van der Waals surface area contributed by atoms with Crippen molar-refractivity contribution in [3.8, 4) is 11.5 Å². The average molecular weight is 521 g/mol. The quantitative estimate of drug-likeness (QED) is 0.223. The fourth-order valence-corrected chi connectivity index (χ4v) is 4.01. The number of ketones is 2. The molecular formula is C30H36N2O6. The van der Waals surface area contributed by atoms with Gasteiger partial charge in [-0.3, -0.25) is 9.59 Å². The molecule has 0 atom stereocenters. The molecule has 2 fully saturated rings. The largest absolute Gasteiger partial charge is 0.494 e. The van der Waals surface area contributed by atoms with Crippen molar-refractivity contribution in [2.45, 2.75) is 12.8 Å². The molecule has 38 heavy (non-hydrogen) atoms. The second-order valence-corrected chi connectivity index (χ2v) is 9.11.